The van der Waals surface area contributed by atoms with Crippen molar-refractivity contribution in [2.24, 2.45) is 0 Å². The maximum Gasteiger partial charge on any atom is 0.322 e. The van der Waals surface area contributed by atoms with Crippen LogP contribution in [0.1, 0.15) is 38.2 Å². The molecule has 2 fully saturated rings. The van der Waals surface area contributed by atoms with E-state index in [0.717, 1.165) is 42.5 Å². The Morgan fingerprint density at radius 1 is 1.28 bits per heavy atom. The van der Waals surface area contributed by atoms with Crippen LogP contribution in [0.15, 0.2) is 36.7 Å². The van der Waals surface area contributed by atoms with Gasteiger partial charge < -0.3 is 10.2 Å². The highest BCUT2D eigenvalue weighted by Crippen LogP contribution is 2.46. The van der Waals surface area contributed by atoms with Crippen molar-refractivity contribution in [1.82, 2.24) is 9.88 Å². The predicted molar refractivity (Wildman–Crippen MR) is 95.9 cm³/mol. The monoisotopic (exact) mass is 339 g/mol. The number of benzene rings is 1. The van der Waals surface area contributed by atoms with Crippen LogP contribution in [0.4, 0.5) is 14.9 Å². The number of aromatic nitrogens is 1. The van der Waals surface area contributed by atoms with E-state index in [-0.39, 0.29) is 17.4 Å². The highest BCUT2D eigenvalue weighted by atomic mass is 19.1. The Kier molecular flexibility index (Phi) is 3.74. The van der Waals surface area contributed by atoms with E-state index < -0.39 is 0 Å². The second kappa shape index (κ2) is 5.83. The third-order valence-electron chi connectivity index (χ3n) is 5.70. The Morgan fingerprint density at radius 2 is 2.04 bits per heavy atom. The summed E-state index contributed by atoms with van der Waals surface area (Å²) in [6, 6.07) is 7.52. The molecule has 1 N–H and O–H groups in total. The number of urea groups is 1. The molecule has 2 saturated heterocycles. The molecule has 3 heterocycles. The smallest absolute Gasteiger partial charge is 0.316 e. The second-order valence-corrected chi connectivity index (χ2v) is 7.45. The lowest BCUT2D eigenvalue weighted by atomic mass is 9.90. The molecular weight excluding hydrogens is 317 g/mol. The first-order valence-corrected chi connectivity index (χ1v) is 8.78. The Labute approximate surface area is 147 Å². The van der Waals surface area contributed by atoms with Crippen molar-refractivity contribution in [2.75, 3.05) is 5.32 Å². The lowest BCUT2D eigenvalue weighted by Crippen LogP contribution is -2.45. The minimum atomic E-state index is -0.368. The van der Waals surface area contributed by atoms with Crippen molar-refractivity contribution in [2.45, 2.75) is 51.1 Å². The Bertz CT molecular complexity index is 827. The lowest BCUT2D eigenvalue weighted by Gasteiger charge is -2.31. The Balaban J connectivity index is 1.60. The SMILES string of the molecule is Cc1ccc(NC(=O)N2C3CCC2(C)CC3)cc1-c1cncc(F)c1. The van der Waals surface area contributed by atoms with Crippen LogP contribution >= 0.6 is 0 Å². The number of rotatable bonds is 2. The van der Waals surface area contributed by atoms with Crippen molar-refractivity contribution in [3.63, 3.8) is 0 Å². The molecule has 25 heavy (non-hydrogen) atoms. The van der Waals surface area contributed by atoms with Gasteiger partial charge in [0.1, 0.15) is 5.82 Å². The average molecular weight is 339 g/mol. The van der Waals surface area contributed by atoms with Gasteiger partial charge in [0.2, 0.25) is 0 Å². The molecule has 2 aliphatic heterocycles. The van der Waals surface area contributed by atoms with E-state index >= 15 is 0 Å². The molecule has 0 spiro atoms. The number of carbonyl (C=O) groups is 1. The first kappa shape index (κ1) is 16.1. The number of hydrogen-bond acceptors (Lipinski definition) is 2. The average Bonchev–Trinajstić information content (AvgIpc) is 3.09. The quantitative estimate of drug-likeness (QED) is 0.858. The van der Waals surface area contributed by atoms with E-state index in [9.17, 15) is 9.18 Å². The molecule has 130 valence electrons. The topological polar surface area (TPSA) is 45.2 Å². The summed E-state index contributed by atoms with van der Waals surface area (Å²) in [5.74, 6) is -0.368. The van der Waals surface area contributed by atoms with Gasteiger partial charge in [0.15, 0.2) is 0 Å². The summed E-state index contributed by atoms with van der Waals surface area (Å²) in [5.41, 5.74) is 3.32. The van der Waals surface area contributed by atoms with Crippen LogP contribution in [0.5, 0.6) is 0 Å². The molecule has 1 aromatic heterocycles. The molecule has 2 aromatic rings. The maximum absolute atomic E-state index is 13.5. The van der Waals surface area contributed by atoms with Gasteiger partial charge in [0, 0.05) is 29.0 Å². The third kappa shape index (κ3) is 2.77. The molecule has 0 aliphatic carbocycles. The van der Waals surface area contributed by atoms with Crippen LogP contribution in [0.2, 0.25) is 0 Å². The van der Waals surface area contributed by atoms with Crippen molar-refractivity contribution < 1.29 is 9.18 Å². The van der Waals surface area contributed by atoms with Gasteiger partial charge >= 0.3 is 6.03 Å². The summed E-state index contributed by atoms with van der Waals surface area (Å²) < 4.78 is 13.5. The third-order valence-corrected chi connectivity index (χ3v) is 5.70. The van der Waals surface area contributed by atoms with Crippen molar-refractivity contribution in [3.8, 4) is 11.1 Å². The van der Waals surface area contributed by atoms with Gasteiger partial charge in [-0.1, -0.05) is 6.07 Å². The number of fused-ring (bicyclic) bond motifs is 2. The second-order valence-electron chi connectivity index (χ2n) is 7.45. The van der Waals surface area contributed by atoms with Gasteiger partial charge in [0.05, 0.1) is 6.20 Å². The van der Waals surface area contributed by atoms with E-state index in [1.807, 2.05) is 30.0 Å². The fourth-order valence-corrected chi connectivity index (χ4v) is 4.33. The zero-order chi connectivity index (χ0) is 17.6. The molecule has 2 bridgehead atoms. The molecule has 4 rings (SSSR count). The highest BCUT2D eigenvalue weighted by molar-refractivity contribution is 5.91. The minimum Gasteiger partial charge on any atom is -0.316 e. The van der Waals surface area contributed by atoms with Crippen LogP contribution in [0, 0.1) is 12.7 Å². The van der Waals surface area contributed by atoms with Crippen LogP contribution in [-0.4, -0.2) is 27.5 Å². The first-order valence-electron chi connectivity index (χ1n) is 8.78. The summed E-state index contributed by atoms with van der Waals surface area (Å²) in [6.45, 7) is 4.14. The van der Waals surface area contributed by atoms with Gasteiger partial charge in [-0.3, -0.25) is 4.98 Å². The molecule has 2 amide bonds. The number of nitrogens with zero attached hydrogens (tertiary/aromatic N) is 2. The zero-order valence-electron chi connectivity index (χ0n) is 14.6. The first-order chi connectivity index (χ1) is 12.0. The summed E-state index contributed by atoms with van der Waals surface area (Å²) >= 11 is 0. The number of pyridine rings is 1. The normalized spacial score (nSPS) is 24.6. The molecule has 0 radical (unpaired) electrons. The van der Waals surface area contributed by atoms with E-state index in [2.05, 4.69) is 17.2 Å². The van der Waals surface area contributed by atoms with Crippen molar-refractivity contribution in [3.05, 3.63) is 48.0 Å². The number of carbonyl (C=O) groups excluding carboxylic acids is 1. The lowest BCUT2D eigenvalue weighted by molar-refractivity contribution is 0.176. The van der Waals surface area contributed by atoms with Crippen molar-refractivity contribution in [1.29, 1.82) is 0 Å². The van der Waals surface area contributed by atoms with Crippen LogP contribution in [-0.2, 0) is 0 Å². The largest absolute Gasteiger partial charge is 0.322 e. The van der Waals surface area contributed by atoms with Crippen LogP contribution in [0.25, 0.3) is 11.1 Å². The molecular formula is C20H22FN3O. The minimum absolute atomic E-state index is 0.00520. The van der Waals surface area contributed by atoms with Crippen molar-refractivity contribution >= 4 is 11.7 Å². The fourth-order valence-electron chi connectivity index (χ4n) is 4.33. The number of nitrogens with one attached hydrogen (secondary N) is 1. The van der Waals surface area contributed by atoms with Crippen LogP contribution < -0.4 is 5.32 Å². The Morgan fingerprint density at radius 3 is 2.68 bits per heavy atom. The molecule has 0 saturated carbocycles. The van der Waals surface area contributed by atoms with Gasteiger partial charge in [-0.2, -0.15) is 0 Å². The van der Waals surface area contributed by atoms with Crippen LogP contribution in [0.3, 0.4) is 0 Å². The number of anilines is 1. The number of halogens is 1. The number of amides is 2. The Hall–Kier alpha value is -2.43. The van der Waals surface area contributed by atoms with E-state index in [0.29, 0.717) is 11.6 Å². The highest BCUT2D eigenvalue weighted by Gasteiger charge is 2.50. The van der Waals surface area contributed by atoms with E-state index in [4.69, 9.17) is 0 Å². The summed E-state index contributed by atoms with van der Waals surface area (Å²) in [6.07, 6.45) is 7.18. The maximum atomic E-state index is 13.5. The molecule has 0 unspecified atom stereocenters. The molecule has 0 atom stereocenters. The molecule has 2 aliphatic rings. The fraction of sp³-hybridized carbons (Fsp3) is 0.400. The summed E-state index contributed by atoms with van der Waals surface area (Å²) in [5, 5.41) is 3.03. The standard InChI is InChI=1S/C20H22FN3O/c1-13-3-4-16(10-18(13)14-9-15(21)12-22-11-14)23-19(25)24-17-5-7-20(24,2)8-6-17/h3-4,9-12,17H,5-8H2,1-2H3,(H,23,25). The van der Waals surface area contributed by atoms with Gasteiger partial charge in [-0.15, -0.1) is 0 Å². The molecule has 4 nitrogen and oxygen atoms in total. The van der Waals surface area contributed by atoms with Gasteiger partial charge in [-0.05, 0) is 68.9 Å². The van der Waals surface area contributed by atoms with Gasteiger partial charge in [-0.25, -0.2) is 9.18 Å². The predicted octanol–water partition coefficient (Wildman–Crippen LogP) is 4.74. The molecule has 1 aromatic carbocycles. The van der Waals surface area contributed by atoms with E-state index in [1.54, 1.807) is 6.20 Å². The van der Waals surface area contributed by atoms with E-state index in [1.165, 1.54) is 12.3 Å². The zero-order valence-corrected chi connectivity index (χ0v) is 14.6. The molecule has 5 heteroatoms. The van der Waals surface area contributed by atoms with Gasteiger partial charge in [0.25, 0.3) is 0 Å². The summed E-state index contributed by atoms with van der Waals surface area (Å²) in [4.78, 5) is 18.8. The number of hydrogen-bond donors (Lipinski definition) is 1. The summed E-state index contributed by atoms with van der Waals surface area (Å²) in [7, 11) is 0. The number of aryl methyl sites for hydroxylation is 1.